The van der Waals surface area contributed by atoms with E-state index in [2.05, 4.69) is 29.6 Å². The number of hydrogen-bond donors (Lipinski definition) is 1. The van der Waals surface area contributed by atoms with E-state index in [4.69, 9.17) is 4.74 Å². The summed E-state index contributed by atoms with van der Waals surface area (Å²) in [6, 6.07) is 8.35. The van der Waals surface area contributed by atoms with Crippen LogP contribution in [-0.2, 0) is 0 Å². The molecule has 1 aliphatic rings. The van der Waals surface area contributed by atoms with Gasteiger partial charge in [0.05, 0.1) is 6.61 Å². The van der Waals surface area contributed by atoms with Gasteiger partial charge in [0.1, 0.15) is 5.75 Å². The van der Waals surface area contributed by atoms with Crippen molar-refractivity contribution in [2.24, 2.45) is 5.92 Å². The van der Waals surface area contributed by atoms with Crippen molar-refractivity contribution in [3.05, 3.63) is 35.4 Å². The average molecular weight is 273 g/mol. The van der Waals surface area contributed by atoms with Crippen molar-refractivity contribution < 1.29 is 4.74 Å². The van der Waals surface area contributed by atoms with Crippen molar-refractivity contribution >= 4 is 6.08 Å². The van der Waals surface area contributed by atoms with Crippen molar-refractivity contribution in [2.75, 3.05) is 20.2 Å². The first-order chi connectivity index (χ1) is 9.85. The van der Waals surface area contributed by atoms with Crippen LogP contribution in [0, 0.1) is 5.92 Å². The predicted octanol–water partition coefficient (Wildman–Crippen LogP) is 4.27. The monoisotopic (exact) mass is 273 g/mol. The van der Waals surface area contributed by atoms with E-state index < -0.39 is 0 Å². The molecule has 1 saturated carbocycles. The van der Waals surface area contributed by atoms with Gasteiger partial charge in [0.2, 0.25) is 0 Å². The number of likely N-dealkylation sites (N-methyl/N-ethyl adjacent to an activating group) is 1. The van der Waals surface area contributed by atoms with Crippen LogP contribution in [0.4, 0.5) is 0 Å². The topological polar surface area (TPSA) is 21.3 Å². The molecule has 0 spiro atoms. The van der Waals surface area contributed by atoms with Crippen LogP contribution in [-0.4, -0.2) is 20.2 Å². The fourth-order valence-corrected chi connectivity index (χ4v) is 3.08. The molecule has 2 rings (SSSR count). The third-order valence-corrected chi connectivity index (χ3v) is 4.07. The van der Waals surface area contributed by atoms with E-state index in [1.54, 1.807) is 0 Å². The summed E-state index contributed by atoms with van der Waals surface area (Å²) in [5.41, 5.74) is 2.74. The largest absolute Gasteiger partial charge is 0.493 e. The quantitative estimate of drug-likeness (QED) is 0.836. The van der Waals surface area contributed by atoms with Gasteiger partial charge in [-0.05, 0) is 38.8 Å². The molecule has 110 valence electrons. The van der Waals surface area contributed by atoms with Crippen LogP contribution in [0.5, 0.6) is 5.75 Å². The van der Waals surface area contributed by atoms with Crippen LogP contribution in [0.3, 0.4) is 0 Å². The van der Waals surface area contributed by atoms with Gasteiger partial charge in [-0.3, -0.25) is 0 Å². The molecule has 20 heavy (non-hydrogen) atoms. The van der Waals surface area contributed by atoms with Crippen molar-refractivity contribution in [1.82, 2.24) is 5.32 Å². The molecule has 2 heteroatoms. The minimum Gasteiger partial charge on any atom is -0.493 e. The molecular weight excluding hydrogens is 246 g/mol. The van der Waals surface area contributed by atoms with Gasteiger partial charge >= 0.3 is 0 Å². The molecule has 0 aromatic heterocycles. The lowest BCUT2D eigenvalue weighted by atomic mass is 9.83. The lowest BCUT2D eigenvalue weighted by Gasteiger charge is -2.25. The Hall–Kier alpha value is -1.28. The Morgan fingerprint density at radius 1 is 1.25 bits per heavy atom. The molecule has 0 amide bonds. The smallest absolute Gasteiger partial charge is 0.126 e. The van der Waals surface area contributed by atoms with Crippen LogP contribution in [0.15, 0.2) is 29.8 Å². The maximum atomic E-state index is 5.74. The zero-order chi connectivity index (χ0) is 14.2. The molecular formula is C18H27NO. The van der Waals surface area contributed by atoms with Crippen LogP contribution < -0.4 is 10.1 Å². The van der Waals surface area contributed by atoms with Crippen molar-refractivity contribution in [1.29, 1.82) is 0 Å². The van der Waals surface area contributed by atoms with E-state index in [1.807, 2.05) is 20.0 Å². The van der Waals surface area contributed by atoms with E-state index in [0.29, 0.717) is 0 Å². The fourth-order valence-electron chi connectivity index (χ4n) is 3.08. The lowest BCUT2D eigenvalue weighted by molar-refractivity contribution is 0.339. The second-order valence-electron chi connectivity index (χ2n) is 5.56. The van der Waals surface area contributed by atoms with Crippen LogP contribution in [0.1, 0.15) is 44.6 Å². The zero-order valence-corrected chi connectivity index (χ0v) is 12.8. The first kappa shape index (κ1) is 15.1. The second-order valence-corrected chi connectivity index (χ2v) is 5.56. The SMILES string of the molecule is CCOc1ccccc1/C=C(/CNC)C1CCCCC1. The molecule has 0 bridgehead atoms. The Kier molecular flexibility index (Phi) is 6.13. The Morgan fingerprint density at radius 3 is 2.70 bits per heavy atom. The van der Waals surface area contributed by atoms with E-state index in [1.165, 1.54) is 43.2 Å². The zero-order valence-electron chi connectivity index (χ0n) is 12.8. The van der Waals surface area contributed by atoms with Gasteiger partial charge in [0.25, 0.3) is 0 Å². The molecule has 1 aromatic rings. The molecule has 0 unspecified atom stereocenters. The molecule has 1 N–H and O–H groups in total. The number of rotatable bonds is 6. The van der Waals surface area contributed by atoms with Crippen molar-refractivity contribution in [2.45, 2.75) is 39.0 Å². The second kappa shape index (κ2) is 8.11. The standard InChI is InChI=1S/C18H27NO/c1-3-20-18-12-8-7-11-16(18)13-17(14-19-2)15-9-5-4-6-10-15/h7-8,11-13,15,19H,3-6,9-10,14H2,1-2H3/b17-13-. The van der Waals surface area contributed by atoms with Crippen molar-refractivity contribution in [3.8, 4) is 5.75 Å². The Labute approximate surface area is 123 Å². The third kappa shape index (κ3) is 4.11. The van der Waals surface area contributed by atoms with Crippen LogP contribution in [0.25, 0.3) is 6.08 Å². The van der Waals surface area contributed by atoms with Gasteiger partial charge in [-0.2, -0.15) is 0 Å². The average Bonchev–Trinajstić information content (AvgIpc) is 2.50. The van der Waals surface area contributed by atoms with Crippen LogP contribution >= 0.6 is 0 Å². The highest BCUT2D eigenvalue weighted by Crippen LogP contribution is 2.32. The highest BCUT2D eigenvalue weighted by Gasteiger charge is 2.17. The molecule has 0 radical (unpaired) electrons. The lowest BCUT2D eigenvalue weighted by Crippen LogP contribution is -2.19. The first-order valence-electron chi connectivity index (χ1n) is 7.92. The number of hydrogen-bond acceptors (Lipinski definition) is 2. The molecule has 1 fully saturated rings. The van der Waals surface area contributed by atoms with E-state index in [0.717, 1.165) is 24.8 Å². The summed E-state index contributed by atoms with van der Waals surface area (Å²) in [6.45, 7) is 3.73. The van der Waals surface area contributed by atoms with E-state index >= 15 is 0 Å². The molecule has 0 aliphatic heterocycles. The summed E-state index contributed by atoms with van der Waals surface area (Å²) < 4.78 is 5.74. The third-order valence-electron chi connectivity index (χ3n) is 4.07. The van der Waals surface area contributed by atoms with Gasteiger partial charge in [-0.1, -0.05) is 49.1 Å². The Balaban J connectivity index is 2.22. The minimum atomic E-state index is 0.718. The Bertz CT molecular complexity index is 433. The van der Waals surface area contributed by atoms with Crippen molar-refractivity contribution in [3.63, 3.8) is 0 Å². The van der Waals surface area contributed by atoms with E-state index in [9.17, 15) is 0 Å². The molecule has 0 atom stereocenters. The van der Waals surface area contributed by atoms with Crippen LogP contribution in [0.2, 0.25) is 0 Å². The Morgan fingerprint density at radius 2 is 2.00 bits per heavy atom. The molecule has 2 nitrogen and oxygen atoms in total. The summed E-state index contributed by atoms with van der Waals surface area (Å²) in [6.07, 6.45) is 9.17. The first-order valence-corrected chi connectivity index (χ1v) is 7.92. The van der Waals surface area contributed by atoms with Gasteiger partial charge < -0.3 is 10.1 Å². The highest BCUT2D eigenvalue weighted by molar-refractivity contribution is 5.60. The summed E-state index contributed by atoms with van der Waals surface area (Å²) in [5.74, 6) is 1.74. The number of benzene rings is 1. The summed E-state index contributed by atoms with van der Waals surface area (Å²) in [5, 5.41) is 3.33. The van der Waals surface area contributed by atoms with E-state index in [-0.39, 0.29) is 0 Å². The molecule has 0 heterocycles. The van der Waals surface area contributed by atoms with Gasteiger partial charge in [0, 0.05) is 12.1 Å². The number of para-hydroxylation sites is 1. The molecule has 0 saturated heterocycles. The number of ether oxygens (including phenoxy) is 1. The summed E-state index contributed by atoms with van der Waals surface area (Å²) >= 11 is 0. The normalized spacial score (nSPS) is 17.2. The van der Waals surface area contributed by atoms with Gasteiger partial charge in [-0.15, -0.1) is 0 Å². The maximum absolute atomic E-state index is 5.74. The fraction of sp³-hybridized carbons (Fsp3) is 0.556. The molecule has 1 aromatic carbocycles. The van der Waals surface area contributed by atoms with Gasteiger partial charge in [0.15, 0.2) is 0 Å². The highest BCUT2D eigenvalue weighted by atomic mass is 16.5. The number of nitrogens with one attached hydrogen (secondary N) is 1. The minimum absolute atomic E-state index is 0.718. The predicted molar refractivity (Wildman–Crippen MR) is 86.1 cm³/mol. The summed E-state index contributed by atoms with van der Waals surface area (Å²) in [4.78, 5) is 0. The maximum Gasteiger partial charge on any atom is 0.126 e. The molecule has 1 aliphatic carbocycles. The summed E-state index contributed by atoms with van der Waals surface area (Å²) in [7, 11) is 2.03. The van der Waals surface area contributed by atoms with Gasteiger partial charge in [-0.25, -0.2) is 0 Å².